The summed E-state index contributed by atoms with van der Waals surface area (Å²) in [6, 6.07) is 5.88. The number of carboxylic acids is 1. The van der Waals surface area contributed by atoms with Gasteiger partial charge in [-0.3, -0.25) is 0 Å². The molecule has 0 saturated heterocycles. The minimum Gasteiger partial charge on any atom is -0.493 e. The highest BCUT2D eigenvalue weighted by molar-refractivity contribution is 5.90. The maximum Gasteiger partial charge on any atom is 0.335 e. The lowest BCUT2D eigenvalue weighted by atomic mass is 9.88. The van der Waals surface area contributed by atoms with Crippen molar-refractivity contribution in [2.24, 2.45) is 5.92 Å². The summed E-state index contributed by atoms with van der Waals surface area (Å²) in [7, 11) is 0. The quantitative estimate of drug-likeness (QED) is 0.374. The Bertz CT molecular complexity index is 908. The lowest BCUT2D eigenvalue weighted by Gasteiger charge is -2.28. The standard InChI is InChI=1S/C24H27F3O4/c1-2-3-12-30-17-7-4-15(5-8-17)14-31-21-11-6-16(24(28)29)13-19(21)18-9-10-20(25)23(27)22(18)26/h6,9-11,13,15,17H,2-5,7-8,12,14H2,1H3,(H,28,29). The fraction of sp³-hybridized carbons (Fsp3) is 0.458. The van der Waals surface area contributed by atoms with Crippen LogP contribution in [0.4, 0.5) is 13.2 Å². The van der Waals surface area contributed by atoms with Crippen molar-refractivity contribution in [1.29, 1.82) is 0 Å². The zero-order valence-electron chi connectivity index (χ0n) is 17.5. The molecule has 0 heterocycles. The van der Waals surface area contributed by atoms with Crippen LogP contribution < -0.4 is 4.74 Å². The lowest BCUT2D eigenvalue weighted by Crippen LogP contribution is -2.25. The summed E-state index contributed by atoms with van der Waals surface area (Å²) in [4.78, 5) is 11.4. The van der Waals surface area contributed by atoms with Crippen molar-refractivity contribution < 1.29 is 32.5 Å². The van der Waals surface area contributed by atoms with Gasteiger partial charge in [-0.05, 0) is 68.4 Å². The molecule has 4 nitrogen and oxygen atoms in total. The summed E-state index contributed by atoms with van der Waals surface area (Å²) >= 11 is 0. The number of halogens is 3. The highest BCUT2D eigenvalue weighted by Gasteiger charge is 2.24. The van der Waals surface area contributed by atoms with Gasteiger partial charge in [-0.2, -0.15) is 0 Å². The van der Waals surface area contributed by atoms with Crippen LogP contribution in [0.15, 0.2) is 30.3 Å². The van der Waals surface area contributed by atoms with Crippen molar-refractivity contribution in [3.63, 3.8) is 0 Å². The minimum absolute atomic E-state index is 0.0767. The molecule has 168 valence electrons. The summed E-state index contributed by atoms with van der Waals surface area (Å²) in [5, 5.41) is 9.27. The second kappa shape index (κ2) is 10.7. The summed E-state index contributed by atoms with van der Waals surface area (Å²) in [6.45, 7) is 3.27. The van der Waals surface area contributed by atoms with E-state index >= 15 is 0 Å². The van der Waals surface area contributed by atoms with Gasteiger partial charge in [0.05, 0.1) is 18.3 Å². The van der Waals surface area contributed by atoms with Gasteiger partial charge in [-0.1, -0.05) is 13.3 Å². The Morgan fingerprint density at radius 1 is 1.03 bits per heavy atom. The fourth-order valence-electron chi connectivity index (χ4n) is 3.80. The second-order valence-corrected chi connectivity index (χ2v) is 7.92. The summed E-state index contributed by atoms with van der Waals surface area (Å²) < 4.78 is 53.3. The topological polar surface area (TPSA) is 55.8 Å². The summed E-state index contributed by atoms with van der Waals surface area (Å²) in [5.74, 6) is -4.99. The number of rotatable bonds is 9. The normalized spacial score (nSPS) is 18.7. The number of ether oxygens (including phenoxy) is 2. The van der Waals surface area contributed by atoms with Crippen molar-refractivity contribution in [2.45, 2.75) is 51.6 Å². The van der Waals surface area contributed by atoms with Crippen LogP contribution in [-0.2, 0) is 4.74 Å². The highest BCUT2D eigenvalue weighted by Crippen LogP contribution is 2.35. The average Bonchev–Trinajstić information content (AvgIpc) is 2.77. The van der Waals surface area contributed by atoms with Crippen LogP contribution in [0, 0.1) is 23.4 Å². The molecule has 0 unspecified atom stereocenters. The Kier molecular flexibility index (Phi) is 7.96. The van der Waals surface area contributed by atoms with E-state index in [1.807, 2.05) is 0 Å². The molecule has 0 spiro atoms. The van der Waals surface area contributed by atoms with E-state index in [0.717, 1.165) is 57.3 Å². The molecule has 31 heavy (non-hydrogen) atoms. The molecule has 2 aromatic rings. The van der Waals surface area contributed by atoms with E-state index in [4.69, 9.17) is 9.47 Å². The van der Waals surface area contributed by atoms with E-state index in [-0.39, 0.29) is 34.5 Å². The van der Waals surface area contributed by atoms with Crippen LogP contribution >= 0.6 is 0 Å². The molecule has 1 N–H and O–H groups in total. The maximum atomic E-state index is 14.4. The SMILES string of the molecule is CCCCOC1CCC(COc2ccc(C(=O)O)cc2-c2ccc(F)c(F)c2F)CC1. The Morgan fingerprint density at radius 3 is 2.45 bits per heavy atom. The number of hydrogen-bond acceptors (Lipinski definition) is 3. The van der Waals surface area contributed by atoms with Crippen LogP contribution in [-0.4, -0.2) is 30.4 Å². The Hall–Kier alpha value is -2.54. The fourth-order valence-corrected chi connectivity index (χ4v) is 3.80. The van der Waals surface area contributed by atoms with Gasteiger partial charge in [0.2, 0.25) is 0 Å². The largest absolute Gasteiger partial charge is 0.493 e. The van der Waals surface area contributed by atoms with Crippen LogP contribution in [0.1, 0.15) is 55.8 Å². The van der Waals surface area contributed by atoms with Gasteiger partial charge in [-0.25, -0.2) is 18.0 Å². The number of benzene rings is 2. The van der Waals surface area contributed by atoms with Gasteiger partial charge in [0.1, 0.15) is 5.75 Å². The first-order valence-corrected chi connectivity index (χ1v) is 10.7. The van der Waals surface area contributed by atoms with E-state index in [9.17, 15) is 23.1 Å². The number of hydrogen-bond donors (Lipinski definition) is 1. The molecular formula is C24H27F3O4. The van der Waals surface area contributed by atoms with Crippen molar-refractivity contribution >= 4 is 5.97 Å². The van der Waals surface area contributed by atoms with Gasteiger partial charge in [0.15, 0.2) is 17.5 Å². The molecule has 0 radical (unpaired) electrons. The zero-order valence-corrected chi connectivity index (χ0v) is 17.5. The van der Waals surface area contributed by atoms with Gasteiger partial charge in [-0.15, -0.1) is 0 Å². The highest BCUT2D eigenvalue weighted by atomic mass is 19.2. The van der Waals surface area contributed by atoms with Crippen LogP contribution in [0.25, 0.3) is 11.1 Å². The molecule has 1 fully saturated rings. The molecule has 0 amide bonds. The van der Waals surface area contributed by atoms with Gasteiger partial charge in [0, 0.05) is 17.7 Å². The molecular weight excluding hydrogens is 409 g/mol. The predicted octanol–water partition coefficient (Wildman–Crippen LogP) is 6.22. The van der Waals surface area contributed by atoms with Crippen molar-refractivity contribution in [2.75, 3.05) is 13.2 Å². The molecule has 0 aliphatic heterocycles. The smallest absolute Gasteiger partial charge is 0.335 e. The Morgan fingerprint density at radius 2 is 1.77 bits per heavy atom. The van der Waals surface area contributed by atoms with E-state index in [1.165, 1.54) is 18.2 Å². The maximum absolute atomic E-state index is 14.4. The number of aromatic carboxylic acids is 1. The lowest BCUT2D eigenvalue weighted by molar-refractivity contribution is 0.0116. The molecule has 1 aliphatic carbocycles. The molecule has 3 rings (SSSR count). The zero-order chi connectivity index (χ0) is 22.4. The summed E-state index contributed by atoms with van der Waals surface area (Å²) in [6.07, 6.45) is 6.17. The third-order valence-corrected chi connectivity index (χ3v) is 5.67. The van der Waals surface area contributed by atoms with E-state index in [0.29, 0.717) is 6.61 Å². The van der Waals surface area contributed by atoms with Crippen LogP contribution in [0.2, 0.25) is 0 Å². The van der Waals surface area contributed by atoms with Crippen LogP contribution in [0.5, 0.6) is 5.75 Å². The van der Waals surface area contributed by atoms with Gasteiger partial charge in [0.25, 0.3) is 0 Å². The average molecular weight is 436 g/mol. The predicted molar refractivity (Wildman–Crippen MR) is 111 cm³/mol. The van der Waals surface area contributed by atoms with Crippen LogP contribution in [0.3, 0.4) is 0 Å². The molecule has 1 aliphatic rings. The monoisotopic (exact) mass is 436 g/mol. The van der Waals surface area contributed by atoms with Crippen molar-refractivity contribution in [3.05, 3.63) is 53.3 Å². The first-order valence-electron chi connectivity index (χ1n) is 10.7. The van der Waals surface area contributed by atoms with Crippen molar-refractivity contribution in [1.82, 2.24) is 0 Å². The third kappa shape index (κ3) is 5.79. The molecule has 0 atom stereocenters. The second-order valence-electron chi connectivity index (χ2n) is 7.92. The molecule has 0 aromatic heterocycles. The first-order chi connectivity index (χ1) is 14.9. The summed E-state index contributed by atoms with van der Waals surface area (Å²) in [5.41, 5.74) is -0.269. The van der Waals surface area contributed by atoms with E-state index < -0.39 is 23.4 Å². The van der Waals surface area contributed by atoms with Gasteiger partial charge >= 0.3 is 5.97 Å². The van der Waals surface area contributed by atoms with E-state index in [1.54, 1.807) is 0 Å². The Labute approximate surface area is 180 Å². The number of unbranched alkanes of at least 4 members (excludes halogenated alkanes) is 1. The Balaban J connectivity index is 1.72. The number of carboxylic acid groups (broad SMARTS) is 1. The molecule has 7 heteroatoms. The minimum atomic E-state index is -1.61. The van der Waals surface area contributed by atoms with Gasteiger partial charge < -0.3 is 14.6 Å². The molecule has 0 bridgehead atoms. The third-order valence-electron chi connectivity index (χ3n) is 5.67. The molecule has 2 aromatic carbocycles. The molecule has 1 saturated carbocycles. The number of carbonyl (C=O) groups is 1. The van der Waals surface area contributed by atoms with E-state index in [2.05, 4.69) is 6.92 Å². The van der Waals surface area contributed by atoms with Crippen molar-refractivity contribution in [3.8, 4) is 16.9 Å². The first kappa shape index (κ1) is 23.1.